The van der Waals surface area contributed by atoms with Crippen LogP contribution in [0.3, 0.4) is 0 Å². The van der Waals surface area contributed by atoms with Gasteiger partial charge in [-0.3, -0.25) is 4.68 Å². The molecule has 1 atom stereocenters. The minimum atomic E-state index is 0.437. The van der Waals surface area contributed by atoms with Crippen LogP contribution in [-0.2, 0) is 13.5 Å². The lowest BCUT2D eigenvalue weighted by molar-refractivity contribution is 0.598. The van der Waals surface area contributed by atoms with Gasteiger partial charge in [-0.1, -0.05) is 18.2 Å². The number of hydrogen-bond acceptors (Lipinski definition) is 3. The summed E-state index contributed by atoms with van der Waals surface area (Å²) < 4.78 is 1.89. The summed E-state index contributed by atoms with van der Waals surface area (Å²) >= 11 is 0. The Balaban J connectivity index is 2.19. The molecule has 0 radical (unpaired) electrons. The second-order valence-electron chi connectivity index (χ2n) is 5.33. The maximum atomic E-state index is 6.23. The zero-order valence-electron chi connectivity index (χ0n) is 11.7. The standard InChI is InChI=1S/C15H20N4/c1-10-8-9-12-6-4-5-7-13(12)19(10)15-14(16)11(2)17-18(15)3/h4-7,10H,8-9,16H2,1-3H3. The third-order valence-electron chi connectivity index (χ3n) is 3.99. The van der Waals surface area contributed by atoms with Crippen LogP contribution in [0.4, 0.5) is 17.2 Å². The minimum Gasteiger partial charge on any atom is -0.394 e. The number of fused-ring (bicyclic) bond motifs is 1. The van der Waals surface area contributed by atoms with Crippen LogP contribution < -0.4 is 10.6 Å². The summed E-state index contributed by atoms with van der Waals surface area (Å²) in [4.78, 5) is 2.33. The number of nitrogens with two attached hydrogens (primary N) is 1. The van der Waals surface area contributed by atoms with Gasteiger partial charge in [0.15, 0.2) is 5.82 Å². The van der Waals surface area contributed by atoms with Gasteiger partial charge in [0.1, 0.15) is 0 Å². The van der Waals surface area contributed by atoms with E-state index >= 15 is 0 Å². The molecule has 2 N–H and O–H groups in total. The molecule has 0 fully saturated rings. The topological polar surface area (TPSA) is 47.1 Å². The summed E-state index contributed by atoms with van der Waals surface area (Å²) in [5.74, 6) is 1.01. The lowest BCUT2D eigenvalue weighted by Gasteiger charge is -2.37. The molecule has 2 aromatic rings. The molecular weight excluding hydrogens is 236 g/mol. The molecule has 1 aliphatic heterocycles. The number of aromatic nitrogens is 2. The molecule has 0 amide bonds. The Kier molecular flexibility index (Phi) is 2.73. The fraction of sp³-hybridized carbons (Fsp3) is 0.400. The van der Waals surface area contributed by atoms with E-state index in [0.717, 1.165) is 30.0 Å². The number of nitrogens with zero attached hydrogens (tertiary/aromatic N) is 3. The van der Waals surface area contributed by atoms with Gasteiger partial charge in [-0.05, 0) is 38.3 Å². The van der Waals surface area contributed by atoms with Crippen LogP contribution in [0, 0.1) is 6.92 Å². The van der Waals surface area contributed by atoms with Crippen LogP contribution in [0.2, 0.25) is 0 Å². The van der Waals surface area contributed by atoms with Gasteiger partial charge in [-0.15, -0.1) is 0 Å². The van der Waals surface area contributed by atoms with Crippen molar-refractivity contribution in [2.45, 2.75) is 32.7 Å². The first kappa shape index (κ1) is 12.1. The molecule has 0 saturated heterocycles. The largest absolute Gasteiger partial charge is 0.394 e. The van der Waals surface area contributed by atoms with E-state index in [9.17, 15) is 0 Å². The molecule has 1 aromatic heterocycles. The highest BCUT2D eigenvalue weighted by molar-refractivity contribution is 5.76. The van der Waals surface area contributed by atoms with Gasteiger partial charge >= 0.3 is 0 Å². The van der Waals surface area contributed by atoms with E-state index in [0.29, 0.717) is 6.04 Å². The SMILES string of the molecule is Cc1nn(C)c(N2c3ccccc3CCC2C)c1N. The second-order valence-corrected chi connectivity index (χ2v) is 5.33. The Morgan fingerprint density at radius 1 is 1.32 bits per heavy atom. The van der Waals surface area contributed by atoms with Crippen LogP contribution in [0.5, 0.6) is 0 Å². The van der Waals surface area contributed by atoms with Gasteiger partial charge in [0, 0.05) is 18.8 Å². The van der Waals surface area contributed by atoms with Crippen molar-refractivity contribution in [2.75, 3.05) is 10.6 Å². The van der Waals surface area contributed by atoms with Crippen LogP contribution in [0.1, 0.15) is 24.6 Å². The molecule has 100 valence electrons. The summed E-state index contributed by atoms with van der Waals surface area (Å²) in [6.45, 7) is 4.21. The van der Waals surface area contributed by atoms with Gasteiger partial charge in [0.05, 0.1) is 11.4 Å². The van der Waals surface area contributed by atoms with E-state index in [1.807, 2.05) is 18.7 Å². The van der Waals surface area contributed by atoms with Crippen molar-refractivity contribution in [2.24, 2.45) is 7.05 Å². The average Bonchev–Trinajstić information content (AvgIpc) is 2.64. The summed E-state index contributed by atoms with van der Waals surface area (Å²) in [6.07, 6.45) is 2.27. The lowest BCUT2D eigenvalue weighted by atomic mass is 9.96. The Bertz CT molecular complexity index is 615. The average molecular weight is 256 g/mol. The number of hydrogen-bond donors (Lipinski definition) is 1. The first-order valence-corrected chi connectivity index (χ1v) is 6.76. The number of benzene rings is 1. The van der Waals surface area contributed by atoms with Crippen LogP contribution in [0.25, 0.3) is 0 Å². The molecule has 0 saturated carbocycles. The smallest absolute Gasteiger partial charge is 0.155 e. The van der Waals surface area contributed by atoms with Gasteiger partial charge < -0.3 is 10.6 Å². The highest BCUT2D eigenvalue weighted by Crippen LogP contribution is 2.39. The molecule has 0 bridgehead atoms. The first-order chi connectivity index (χ1) is 9.09. The van der Waals surface area contributed by atoms with E-state index in [1.165, 1.54) is 11.3 Å². The van der Waals surface area contributed by atoms with E-state index in [2.05, 4.69) is 41.2 Å². The Morgan fingerprint density at radius 2 is 2.05 bits per heavy atom. The predicted molar refractivity (Wildman–Crippen MR) is 78.7 cm³/mol. The quantitative estimate of drug-likeness (QED) is 0.853. The van der Waals surface area contributed by atoms with Crippen molar-refractivity contribution in [3.8, 4) is 0 Å². The lowest BCUT2D eigenvalue weighted by Crippen LogP contribution is -2.35. The molecule has 0 aliphatic carbocycles. The third-order valence-corrected chi connectivity index (χ3v) is 3.99. The van der Waals surface area contributed by atoms with E-state index in [1.54, 1.807) is 0 Å². The molecule has 3 rings (SSSR count). The molecule has 4 heteroatoms. The Hall–Kier alpha value is -1.97. The second kappa shape index (κ2) is 4.30. The molecule has 1 unspecified atom stereocenters. The maximum absolute atomic E-state index is 6.23. The van der Waals surface area contributed by atoms with Crippen LogP contribution in [0.15, 0.2) is 24.3 Å². The van der Waals surface area contributed by atoms with Crippen molar-refractivity contribution < 1.29 is 0 Å². The highest BCUT2D eigenvalue weighted by Gasteiger charge is 2.28. The van der Waals surface area contributed by atoms with Crippen molar-refractivity contribution >= 4 is 17.2 Å². The van der Waals surface area contributed by atoms with Crippen molar-refractivity contribution in [1.82, 2.24) is 9.78 Å². The summed E-state index contributed by atoms with van der Waals surface area (Å²) in [5.41, 5.74) is 10.6. The van der Waals surface area contributed by atoms with Gasteiger partial charge in [0.25, 0.3) is 0 Å². The number of aryl methyl sites for hydroxylation is 3. The molecule has 0 spiro atoms. The molecule has 4 nitrogen and oxygen atoms in total. The van der Waals surface area contributed by atoms with Crippen molar-refractivity contribution in [3.63, 3.8) is 0 Å². The van der Waals surface area contributed by atoms with Gasteiger partial charge in [-0.2, -0.15) is 5.10 Å². The normalized spacial score (nSPS) is 18.5. The zero-order chi connectivity index (χ0) is 13.6. The Morgan fingerprint density at radius 3 is 2.74 bits per heavy atom. The monoisotopic (exact) mass is 256 g/mol. The summed E-state index contributed by atoms with van der Waals surface area (Å²) in [7, 11) is 1.96. The molecule has 1 aliphatic rings. The number of para-hydroxylation sites is 1. The van der Waals surface area contributed by atoms with Gasteiger partial charge in [0.2, 0.25) is 0 Å². The summed E-state index contributed by atoms with van der Waals surface area (Å²) in [6, 6.07) is 9.00. The minimum absolute atomic E-state index is 0.437. The van der Waals surface area contributed by atoms with Crippen molar-refractivity contribution in [3.05, 3.63) is 35.5 Å². The number of nitrogen functional groups attached to an aromatic ring is 1. The van der Waals surface area contributed by atoms with Crippen LogP contribution in [-0.4, -0.2) is 15.8 Å². The van der Waals surface area contributed by atoms with E-state index < -0.39 is 0 Å². The van der Waals surface area contributed by atoms with Gasteiger partial charge in [-0.25, -0.2) is 0 Å². The van der Waals surface area contributed by atoms with E-state index in [-0.39, 0.29) is 0 Å². The third kappa shape index (κ3) is 1.79. The fourth-order valence-electron chi connectivity index (χ4n) is 2.96. The summed E-state index contributed by atoms with van der Waals surface area (Å²) in [5, 5.41) is 4.44. The maximum Gasteiger partial charge on any atom is 0.155 e. The molecular formula is C15H20N4. The highest BCUT2D eigenvalue weighted by atomic mass is 15.4. The fourth-order valence-corrected chi connectivity index (χ4v) is 2.96. The van der Waals surface area contributed by atoms with Crippen LogP contribution >= 0.6 is 0 Å². The molecule has 2 heterocycles. The Labute approximate surface area is 113 Å². The van der Waals surface area contributed by atoms with Crippen molar-refractivity contribution in [1.29, 1.82) is 0 Å². The number of rotatable bonds is 1. The van der Waals surface area contributed by atoms with E-state index in [4.69, 9.17) is 5.73 Å². The predicted octanol–water partition coefficient (Wildman–Crippen LogP) is 2.78. The molecule has 19 heavy (non-hydrogen) atoms. The number of anilines is 3. The zero-order valence-corrected chi connectivity index (χ0v) is 11.7. The first-order valence-electron chi connectivity index (χ1n) is 6.76. The molecule has 1 aromatic carbocycles.